The largest absolute Gasteiger partial charge is 0.387 e. The number of β-amino-alcohol motifs (C(OH)–C–C–N with tert-alkyl or cyclic N) is 1. The van der Waals surface area contributed by atoms with Crippen molar-refractivity contribution in [1.82, 2.24) is 4.90 Å². The molecule has 25 heavy (non-hydrogen) atoms. The van der Waals surface area contributed by atoms with E-state index in [1.807, 2.05) is 15.9 Å². The van der Waals surface area contributed by atoms with Crippen molar-refractivity contribution in [2.45, 2.75) is 6.10 Å². The van der Waals surface area contributed by atoms with Gasteiger partial charge in [-0.05, 0) is 24.3 Å². The lowest BCUT2D eigenvalue weighted by Gasteiger charge is -2.37. The van der Waals surface area contributed by atoms with Crippen molar-refractivity contribution in [3.8, 4) is 6.07 Å². The molecule has 0 bridgehead atoms. The summed E-state index contributed by atoms with van der Waals surface area (Å²) in [6.07, 6.45) is -0.889. The van der Waals surface area contributed by atoms with Gasteiger partial charge in [-0.3, -0.25) is 4.90 Å². The molecule has 3 rings (SSSR count). The van der Waals surface area contributed by atoms with Crippen LogP contribution in [0.2, 0.25) is 0 Å². The minimum atomic E-state index is -0.889. The molecule has 4 nitrogen and oxygen atoms in total. The molecule has 2 aromatic carbocycles. The van der Waals surface area contributed by atoms with Gasteiger partial charge in [0.2, 0.25) is 0 Å². The summed E-state index contributed by atoms with van der Waals surface area (Å²) in [5.41, 5.74) is 1.07. The fourth-order valence-electron chi connectivity index (χ4n) is 3.09. The Morgan fingerprint density at radius 1 is 1.04 bits per heavy atom. The predicted octanol–water partition coefficient (Wildman–Crippen LogP) is 2.69. The first-order chi connectivity index (χ1) is 12.1. The Kier molecular flexibility index (Phi) is 5.27. The smallest absolute Gasteiger partial charge is 0.147 e. The number of aliphatic hydroxyl groups is 1. The van der Waals surface area contributed by atoms with Crippen molar-refractivity contribution in [2.24, 2.45) is 0 Å². The molecule has 0 aliphatic carbocycles. The number of halogens is 2. The van der Waals surface area contributed by atoms with Gasteiger partial charge in [0.05, 0.1) is 23.4 Å². The van der Waals surface area contributed by atoms with Gasteiger partial charge in [-0.1, -0.05) is 18.2 Å². The van der Waals surface area contributed by atoms with Gasteiger partial charge in [0, 0.05) is 38.3 Å². The zero-order valence-corrected chi connectivity index (χ0v) is 13.7. The maximum Gasteiger partial charge on any atom is 0.147 e. The van der Waals surface area contributed by atoms with Crippen LogP contribution in [0.4, 0.5) is 14.5 Å². The number of nitriles is 1. The van der Waals surface area contributed by atoms with E-state index in [1.165, 1.54) is 12.1 Å². The zero-order chi connectivity index (χ0) is 17.8. The summed E-state index contributed by atoms with van der Waals surface area (Å²) in [5.74, 6) is -0.813. The molecule has 1 aliphatic heterocycles. The van der Waals surface area contributed by atoms with Gasteiger partial charge in [-0.15, -0.1) is 0 Å². The molecule has 1 N–H and O–H groups in total. The van der Waals surface area contributed by atoms with E-state index in [1.54, 1.807) is 30.3 Å². The third kappa shape index (κ3) is 3.95. The molecule has 1 atom stereocenters. The summed E-state index contributed by atoms with van der Waals surface area (Å²) in [4.78, 5) is 3.96. The molecule has 2 aromatic rings. The number of piperazine rings is 1. The van der Waals surface area contributed by atoms with E-state index < -0.39 is 17.7 Å². The molecule has 1 saturated heterocycles. The van der Waals surface area contributed by atoms with E-state index in [9.17, 15) is 13.9 Å². The van der Waals surface area contributed by atoms with Crippen molar-refractivity contribution in [3.05, 3.63) is 65.2 Å². The second-order valence-electron chi connectivity index (χ2n) is 6.10. The lowest BCUT2D eigenvalue weighted by Crippen LogP contribution is -2.47. The minimum absolute atomic E-state index is 0.295. The highest BCUT2D eigenvalue weighted by molar-refractivity contribution is 5.51. The van der Waals surface area contributed by atoms with Gasteiger partial charge in [0.15, 0.2) is 0 Å². The highest BCUT2D eigenvalue weighted by Gasteiger charge is 2.22. The number of hydrogen-bond acceptors (Lipinski definition) is 4. The Labute approximate surface area is 145 Å². The average Bonchev–Trinajstić information content (AvgIpc) is 2.62. The SMILES string of the molecule is N#Cc1ccc(N2CCN(CC(O)c3ccccc3F)CC2)c(F)c1. The summed E-state index contributed by atoms with van der Waals surface area (Å²) in [5, 5.41) is 19.1. The molecule has 0 amide bonds. The highest BCUT2D eigenvalue weighted by Crippen LogP contribution is 2.23. The van der Waals surface area contributed by atoms with Crippen LogP contribution in [0.3, 0.4) is 0 Å². The van der Waals surface area contributed by atoms with Crippen LogP contribution in [0.25, 0.3) is 0 Å². The summed E-state index contributed by atoms with van der Waals surface area (Å²) in [6, 6.07) is 12.6. The third-order valence-corrected chi connectivity index (χ3v) is 4.49. The monoisotopic (exact) mass is 343 g/mol. The Morgan fingerprint density at radius 3 is 2.40 bits per heavy atom. The Balaban J connectivity index is 1.59. The van der Waals surface area contributed by atoms with Gasteiger partial charge in [0.1, 0.15) is 11.6 Å². The van der Waals surface area contributed by atoms with Gasteiger partial charge in [0.25, 0.3) is 0 Å². The highest BCUT2D eigenvalue weighted by atomic mass is 19.1. The van der Waals surface area contributed by atoms with E-state index >= 15 is 0 Å². The maximum absolute atomic E-state index is 14.1. The van der Waals surface area contributed by atoms with Gasteiger partial charge >= 0.3 is 0 Å². The molecule has 1 aliphatic rings. The van der Waals surface area contributed by atoms with Crippen LogP contribution in [0.1, 0.15) is 17.2 Å². The predicted molar refractivity (Wildman–Crippen MR) is 91.1 cm³/mol. The topological polar surface area (TPSA) is 50.5 Å². The van der Waals surface area contributed by atoms with E-state index in [0.29, 0.717) is 49.5 Å². The molecule has 1 heterocycles. The van der Waals surface area contributed by atoms with Crippen LogP contribution in [-0.4, -0.2) is 42.7 Å². The first-order valence-corrected chi connectivity index (χ1v) is 8.18. The van der Waals surface area contributed by atoms with E-state index in [-0.39, 0.29) is 0 Å². The van der Waals surface area contributed by atoms with E-state index in [2.05, 4.69) is 0 Å². The molecule has 0 saturated carbocycles. The summed E-state index contributed by atoms with van der Waals surface area (Å²) < 4.78 is 27.8. The van der Waals surface area contributed by atoms with Crippen molar-refractivity contribution in [1.29, 1.82) is 5.26 Å². The van der Waals surface area contributed by atoms with Gasteiger partial charge < -0.3 is 10.0 Å². The van der Waals surface area contributed by atoms with Crippen LogP contribution in [0, 0.1) is 23.0 Å². The van der Waals surface area contributed by atoms with Crippen LogP contribution < -0.4 is 4.90 Å². The molecule has 0 spiro atoms. The first-order valence-electron chi connectivity index (χ1n) is 8.18. The van der Waals surface area contributed by atoms with Crippen molar-refractivity contribution in [2.75, 3.05) is 37.6 Å². The van der Waals surface area contributed by atoms with E-state index in [4.69, 9.17) is 5.26 Å². The number of nitrogens with zero attached hydrogens (tertiary/aromatic N) is 3. The molecular weight excluding hydrogens is 324 g/mol. The average molecular weight is 343 g/mol. The van der Waals surface area contributed by atoms with Crippen molar-refractivity contribution < 1.29 is 13.9 Å². The van der Waals surface area contributed by atoms with E-state index in [0.717, 1.165) is 0 Å². The second-order valence-corrected chi connectivity index (χ2v) is 6.10. The quantitative estimate of drug-likeness (QED) is 0.927. The molecule has 0 radical (unpaired) electrons. The van der Waals surface area contributed by atoms with Gasteiger partial charge in [-0.25, -0.2) is 8.78 Å². The Bertz CT molecular complexity index is 782. The fraction of sp³-hybridized carbons (Fsp3) is 0.316. The molecule has 1 fully saturated rings. The lowest BCUT2D eigenvalue weighted by atomic mass is 10.1. The summed E-state index contributed by atoms with van der Waals surface area (Å²) >= 11 is 0. The number of aliphatic hydroxyl groups excluding tert-OH is 1. The minimum Gasteiger partial charge on any atom is -0.387 e. The molecule has 0 aromatic heterocycles. The lowest BCUT2D eigenvalue weighted by molar-refractivity contribution is 0.106. The van der Waals surface area contributed by atoms with Crippen molar-refractivity contribution in [3.63, 3.8) is 0 Å². The standard InChI is InChI=1S/C19H19F2N3O/c20-16-4-2-1-3-15(16)19(25)13-23-7-9-24(10-8-23)18-6-5-14(12-22)11-17(18)21/h1-6,11,19,25H,7-10,13H2. The Hall–Kier alpha value is -2.49. The summed E-state index contributed by atoms with van der Waals surface area (Å²) in [6.45, 7) is 2.83. The molecule has 1 unspecified atom stereocenters. The Morgan fingerprint density at radius 2 is 1.76 bits per heavy atom. The number of benzene rings is 2. The van der Waals surface area contributed by atoms with Crippen LogP contribution in [0.15, 0.2) is 42.5 Å². The second kappa shape index (κ2) is 7.60. The van der Waals surface area contributed by atoms with Crippen LogP contribution >= 0.6 is 0 Å². The normalized spacial score (nSPS) is 16.5. The molecule has 130 valence electrons. The molecular formula is C19H19F2N3O. The fourth-order valence-corrected chi connectivity index (χ4v) is 3.09. The van der Waals surface area contributed by atoms with Crippen LogP contribution in [-0.2, 0) is 0 Å². The third-order valence-electron chi connectivity index (χ3n) is 4.49. The molecule has 6 heteroatoms. The van der Waals surface area contributed by atoms with Gasteiger partial charge in [-0.2, -0.15) is 5.26 Å². The first kappa shape index (κ1) is 17.3. The zero-order valence-electron chi connectivity index (χ0n) is 13.7. The summed E-state index contributed by atoms with van der Waals surface area (Å²) in [7, 11) is 0. The maximum atomic E-state index is 14.1. The number of anilines is 1. The number of rotatable bonds is 4. The van der Waals surface area contributed by atoms with Crippen molar-refractivity contribution >= 4 is 5.69 Å². The van der Waals surface area contributed by atoms with Crippen LogP contribution in [0.5, 0.6) is 0 Å². The number of hydrogen-bond donors (Lipinski definition) is 1.